The first-order valence-corrected chi connectivity index (χ1v) is 4.43. The normalized spacial score (nSPS) is 26.5. The molecule has 0 amide bonds. The summed E-state index contributed by atoms with van der Waals surface area (Å²) in [5.41, 5.74) is 0. The lowest BCUT2D eigenvalue weighted by Crippen LogP contribution is -2.23. The Hall–Kier alpha value is -0.870. The van der Waals surface area contributed by atoms with E-state index in [1.807, 2.05) is 24.6 Å². The van der Waals surface area contributed by atoms with E-state index in [1.54, 1.807) is 12.5 Å². The van der Waals surface area contributed by atoms with Gasteiger partial charge in [0, 0.05) is 12.4 Å². The molecule has 72 valence electrons. The van der Waals surface area contributed by atoms with Crippen molar-refractivity contribution < 1.29 is 9.47 Å². The lowest BCUT2D eigenvalue weighted by molar-refractivity contribution is -0.139. The number of ether oxygens (including phenoxy) is 2. The first-order chi connectivity index (χ1) is 6.16. The Morgan fingerprint density at radius 1 is 1.62 bits per heavy atom. The second kappa shape index (κ2) is 3.12. The molecule has 1 aromatic heterocycles. The first-order valence-electron chi connectivity index (χ1n) is 4.43. The number of hydrogen-bond acceptors (Lipinski definition) is 3. The fourth-order valence-electron chi connectivity index (χ4n) is 1.48. The van der Waals surface area contributed by atoms with E-state index in [-0.39, 0.29) is 6.10 Å². The molecule has 4 heteroatoms. The molecule has 2 rings (SSSR count). The lowest BCUT2D eigenvalue weighted by atomic mass is 10.3. The van der Waals surface area contributed by atoms with Gasteiger partial charge in [0.15, 0.2) is 5.79 Å². The average Bonchev–Trinajstić information content (AvgIpc) is 2.61. The summed E-state index contributed by atoms with van der Waals surface area (Å²) >= 11 is 0. The van der Waals surface area contributed by atoms with Crippen molar-refractivity contribution in [2.75, 3.05) is 6.61 Å². The van der Waals surface area contributed by atoms with Gasteiger partial charge >= 0.3 is 0 Å². The maximum Gasteiger partial charge on any atom is 0.163 e. The van der Waals surface area contributed by atoms with Crippen LogP contribution in [0.3, 0.4) is 0 Å². The van der Waals surface area contributed by atoms with Gasteiger partial charge in [0.2, 0.25) is 0 Å². The number of rotatable bonds is 2. The van der Waals surface area contributed by atoms with Crippen LogP contribution in [0.5, 0.6) is 0 Å². The van der Waals surface area contributed by atoms with Crippen LogP contribution < -0.4 is 0 Å². The Balaban J connectivity index is 1.91. The minimum atomic E-state index is -0.425. The van der Waals surface area contributed by atoms with E-state index in [0.717, 1.165) is 6.54 Å². The molecule has 1 fully saturated rings. The molecule has 1 saturated heterocycles. The third-order valence-electron chi connectivity index (χ3n) is 2.04. The van der Waals surface area contributed by atoms with Gasteiger partial charge in [-0.15, -0.1) is 0 Å². The Labute approximate surface area is 77.5 Å². The molecule has 0 aromatic carbocycles. The summed E-state index contributed by atoms with van der Waals surface area (Å²) < 4.78 is 13.1. The third-order valence-corrected chi connectivity index (χ3v) is 2.04. The average molecular weight is 182 g/mol. The van der Waals surface area contributed by atoms with Gasteiger partial charge in [-0.05, 0) is 13.8 Å². The zero-order valence-corrected chi connectivity index (χ0v) is 7.93. The van der Waals surface area contributed by atoms with Crippen LogP contribution in [-0.4, -0.2) is 28.0 Å². The lowest BCUT2D eigenvalue weighted by Gasteiger charge is -2.17. The van der Waals surface area contributed by atoms with E-state index in [9.17, 15) is 0 Å². The van der Waals surface area contributed by atoms with Gasteiger partial charge < -0.3 is 14.0 Å². The summed E-state index contributed by atoms with van der Waals surface area (Å²) in [4.78, 5) is 3.97. The van der Waals surface area contributed by atoms with Gasteiger partial charge in [0.05, 0.1) is 19.5 Å². The topological polar surface area (TPSA) is 36.3 Å². The molecule has 0 aliphatic carbocycles. The van der Waals surface area contributed by atoms with E-state index >= 15 is 0 Å². The number of aromatic nitrogens is 2. The van der Waals surface area contributed by atoms with Crippen molar-refractivity contribution in [1.82, 2.24) is 9.55 Å². The molecule has 0 spiro atoms. The molecular formula is C9H14N2O2. The molecule has 0 N–H and O–H groups in total. The second-order valence-electron chi connectivity index (χ2n) is 3.71. The smallest absolute Gasteiger partial charge is 0.163 e. The Morgan fingerprint density at radius 3 is 3.00 bits per heavy atom. The SMILES string of the molecule is CC1(C)OCC(Cn2ccnc2)O1. The Bertz CT molecular complexity index is 269. The Kier molecular flexibility index (Phi) is 2.09. The van der Waals surface area contributed by atoms with Crippen molar-refractivity contribution in [1.29, 1.82) is 0 Å². The van der Waals surface area contributed by atoms with Crippen molar-refractivity contribution in [3.63, 3.8) is 0 Å². The number of nitrogens with zero attached hydrogens (tertiary/aromatic N) is 2. The molecule has 1 atom stereocenters. The van der Waals surface area contributed by atoms with Gasteiger partial charge in [-0.2, -0.15) is 0 Å². The standard InChI is InChI=1S/C9H14N2O2/c1-9(2)12-6-8(13-9)5-11-4-3-10-7-11/h3-4,7-8H,5-6H2,1-2H3. The monoisotopic (exact) mass is 182 g/mol. The van der Waals surface area contributed by atoms with E-state index in [4.69, 9.17) is 9.47 Å². The summed E-state index contributed by atoms with van der Waals surface area (Å²) in [6.07, 6.45) is 5.62. The van der Waals surface area contributed by atoms with E-state index in [1.165, 1.54) is 0 Å². The second-order valence-corrected chi connectivity index (χ2v) is 3.71. The molecule has 4 nitrogen and oxygen atoms in total. The highest BCUT2D eigenvalue weighted by molar-refractivity contribution is 4.78. The predicted octanol–water partition coefficient (Wildman–Crippen LogP) is 1.03. The number of hydrogen-bond donors (Lipinski definition) is 0. The zero-order valence-electron chi connectivity index (χ0n) is 7.93. The highest BCUT2D eigenvalue weighted by Crippen LogP contribution is 2.22. The zero-order chi connectivity index (χ0) is 9.31. The summed E-state index contributed by atoms with van der Waals surface area (Å²) in [7, 11) is 0. The third kappa shape index (κ3) is 2.08. The van der Waals surface area contributed by atoms with Crippen LogP contribution in [0.25, 0.3) is 0 Å². The van der Waals surface area contributed by atoms with Crippen molar-refractivity contribution in [3.8, 4) is 0 Å². The van der Waals surface area contributed by atoms with Crippen LogP contribution in [-0.2, 0) is 16.0 Å². The maximum atomic E-state index is 5.65. The molecule has 0 bridgehead atoms. The maximum absolute atomic E-state index is 5.65. The largest absolute Gasteiger partial charge is 0.348 e. The highest BCUT2D eigenvalue weighted by atomic mass is 16.7. The molecule has 1 aliphatic heterocycles. The fourth-order valence-corrected chi connectivity index (χ4v) is 1.48. The predicted molar refractivity (Wildman–Crippen MR) is 47.1 cm³/mol. The molecule has 0 radical (unpaired) electrons. The van der Waals surface area contributed by atoms with Gasteiger partial charge in [-0.3, -0.25) is 0 Å². The minimum Gasteiger partial charge on any atom is -0.348 e. The summed E-state index contributed by atoms with van der Waals surface area (Å²) in [6, 6.07) is 0. The first kappa shape index (κ1) is 8.72. The van der Waals surface area contributed by atoms with Gasteiger partial charge in [-0.25, -0.2) is 4.98 Å². The van der Waals surface area contributed by atoms with Gasteiger partial charge in [-0.1, -0.05) is 0 Å². The quantitative estimate of drug-likeness (QED) is 0.685. The summed E-state index contributed by atoms with van der Waals surface area (Å²) in [5.74, 6) is -0.425. The molecular weight excluding hydrogens is 168 g/mol. The van der Waals surface area contributed by atoms with Crippen LogP contribution in [0.2, 0.25) is 0 Å². The molecule has 1 aromatic rings. The fraction of sp³-hybridized carbons (Fsp3) is 0.667. The van der Waals surface area contributed by atoms with Crippen LogP contribution in [0, 0.1) is 0 Å². The van der Waals surface area contributed by atoms with E-state index < -0.39 is 5.79 Å². The molecule has 1 aliphatic rings. The summed E-state index contributed by atoms with van der Waals surface area (Å²) in [6.45, 7) is 5.33. The van der Waals surface area contributed by atoms with Gasteiger partial charge in [0.25, 0.3) is 0 Å². The van der Waals surface area contributed by atoms with Crippen molar-refractivity contribution in [2.45, 2.75) is 32.3 Å². The van der Waals surface area contributed by atoms with Crippen LogP contribution in [0.15, 0.2) is 18.7 Å². The molecule has 0 saturated carbocycles. The molecule has 2 heterocycles. The van der Waals surface area contributed by atoms with Crippen molar-refractivity contribution >= 4 is 0 Å². The van der Waals surface area contributed by atoms with Gasteiger partial charge in [0.1, 0.15) is 6.10 Å². The van der Waals surface area contributed by atoms with Crippen LogP contribution in [0.1, 0.15) is 13.8 Å². The Morgan fingerprint density at radius 2 is 2.46 bits per heavy atom. The summed E-state index contributed by atoms with van der Waals surface area (Å²) in [5, 5.41) is 0. The van der Waals surface area contributed by atoms with E-state index in [0.29, 0.717) is 6.61 Å². The molecule has 13 heavy (non-hydrogen) atoms. The van der Waals surface area contributed by atoms with Crippen LogP contribution in [0.4, 0.5) is 0 Å². The van der Waals surface area contributed by atoms with E-state index in [2.05, 4.69) is 4.98 Å². The molecule has 1 unspecified atom stereocenters. The number of imidazole rings is 1. The van der Waals surface area contributed by atoms with Crippen molar-refractivity contribution in [3.05, 3.63) is 18.7 Å². The minimum absolute atomic E-state index is 0.143. The highest BCUT2D eigenvalue weighted by Gasteiger charge is 2.32. The van der Waals surface area contributed by atoms with Crippen LogP contribution >= 0.6 is 0 Å². The van der Waals surface area contributed by atoms with Crippen molar-refractivity contribution in [2.24, 2.45) is 0 Å².